The maximum absolute atomic E-state index is 13.6. The number of carbonyl (C=O) groups is 8. The quantitative estimate of drug-likeness (QED) is 0.0118. The Labute approximate surface area is 800 Å². The average Bonchev–Trinajstić information content (AvgIpc) is 0.785. The highest BCUT2D eigenvalue weighted by Gasteiger charge is 2.32. The van der Waals surface area contributed by atoms with Crippen molar-refractivity contribution in [1.82, 2.24) is 53.5 Å². The minimum Gasteiger partial charge on any atom is -0.497 e. The van der Waals surface area contributed by atoms with Crippen LogP contribution in [0.4, 0.5) is 0 Å². The van der Waals surface area contributed by atoms with Gasteiger partial charge in [-0.25, -0.2) is 35.1 Å². The fourth-order valence-electron chi connectivity index (χ4n) is 15.3. The Balaban J connectivity index is 0.000000241. The van der Waals surface area contributed by atoms with Gasteiger partial charge in [0.1, 0.15) is 35.1 Å². The highest BCUT2D eigenvalue weighted by atomic mass is 16.5. The van der Waals surface area contributed by atoms with Crippen molar-refractivity contribution >= 4 is 46.7 Å². The molecule has 38 nitrogen and oxygen atoms in total. The molecule has 140 heavy (non-hydrogen) atoms. The number of H-pyrrole nitrogens is 6. The predicted octanol–water partition coefficient (Wildman–Crippen LogP) is 9.69. The molecule has 722 valence electrons. The Hall–Kier alpha value is -17.8. The van der Waals surface area contributed by atoms with Crippen molar-refractivity contribution < 1.29 is 47.8 Å². The number of aromatic amines is 6. The second kappa shape index (κ2) is 49.5. The van der Waals surface area contributed by atoms with Gasteiger partial charge in [0, 0.05) is 88.1 Å². The lowest BCUT2D eigenvalue weighted by Crippen LogP contribution is -2.40. The first-order valence-corrected chi connectivity index (χ1v) is 44.0. The number of hydrogen-bond donors (Lipinski definition) is 8. The zero-order chi connectivity index (χ0) is 104. The largest absolute Gasteiger partial charge is 0.497 e. The number of hydrogen-bond acceptors (Lipinski definition) is 25. The fourth-order valence-corrected chi connectivity index (χ4v) is 15.3. The van der Waals surface area contributed by atoms with Crippen molar-refractivity contribution in [2.45, 2.75) is 199 Å². The number of nitrogens with one attached hydrogen (secondary N) is 7. The molecule has 11 rings (SSSR count). The normalized spacial score (nSPS) is 10.6. The van der Waals surface area contributed by atoms with Gasteiger partial charge in [-0.3, -0.25) is 106 Å². The molecule has 0 aliphatic carbocycles. The zero-order valence-corrected chi connectivity index (χ0v) is 80.1. The van der Waals surface area contributed by atoms with Crippen LogP contribution in [0.1, 0.15) is 301 Å². The summed E-state index contributed by atoms with van der Waals surface area (Å²) in [7, 11) is 1.58. The smallest absolute Gasteiger partial charge is 0.334 e. The summed E-state index contributed by atoms with van der Waals surface area (Å²) in [5, 5.41) is 48.6. The van der Waals surface area contributed by atoms with E-state index in [0.717, 1.165) is 26.0 Å². The Bertz CT molecular complexity index is 7650. The monoisotopic (exact) mass is 1900 g/mol. The number of nitriles is 5. The number of primary amides is 1. The lowest BCUT2D eigenvalue weighted by molar-refractivity contribution is -0.143. The van der Waals surface area contributed by atoms with Gasteiger partial charge in [-0.1, -0.05) is 81.4 Å². The molecule has 11 aromatic rings. The van der Waals surface area contributed by atoms with E-state index in [9.17, 15) is 96.8 Å². The number of ether oxygens (including phenoxy) is 2. The molecule has 0 saturated carbocycles. The molecule has 38 heteroatoms. The average molecular weight is 1900 g/mol. The number of aryl methyl sites for hydroxylation is 5. The molecule has 0 aliphatic rings. The number of rotatable bonds is 30. The van der Waals surface area contributed by atoms with E-state index in [2.05, 4.69) is 40.1 Å². The molecule has 0 fully saturated rings. The summed E-state index contributed by atoms with van der Waals surface area (Å²) in [5.41, 5.74) is 5.70. The topological polar surface area (TPSA) is 602 Å². The maximum atomic E-state index is 13.6. The van der Waals surface area contributed by atoms with Gasteiger partial charge in [0.05, 0.1) is 77.6 Å². The molecule has 0 bridgehead atoms. The van der Waals surface area contributed by atoms with Gasteiger partial charge in [-0.2, -0.15) is 26.3 Å². The van der Waals surface area contributed by atoms with E-state index < -0.39 is 110 Å². The van der Waals surface area contributed by atoms with E-state index in [1.54, 1.807) is 179 Å². The lowest BCUT2D eigenvalue weighted by atomic mass is 9.95. The Morgan fingerprint density at radius 1 is 0.407 bits per heavy atom. The van der Waals surface area contributed by atoms with Crippen LogP contribution >= 0.6 is 0 Å². The molecule has 5 heterocycles. The van der Waals surface area contributed by atoms with Gasteiger partial charge in [-0.15, -0.1) is 0 Å². The summed E-state index contributed by atoms with van der Waals surface area (Å²) in [6.07, 6.45) is 0.734. The van der Waals surface area contributed by atoms with E-state index in [0.29, 0.717) is 51.1 Å². The number of aromatic nitrogens is 10. The zero-order valence-electron chi connectivity index (χ0n) is 80.1. The molecule has 0 unspecified atom stereocenters. The van der Waals surface area contributed by atoms with Crippen LogP contribution < -0.4 is 72.0 Å². The van der Waals surface area contributed by atoms with E-state index in [1.807, 2.05) is 54.6 Å². The van der Waals surface area contributed by atoms with Gasteiger partial charge >= 0.3 is 34.4 Å². The van der Waals surface area contributed by atoms with Crippen LogP contribution in [0.15, 0.2) is 163 Å². The number of amides is 2. The SMILES string of the molecule is CCOC(=O)CCCn1c(C(=O)c2cc(C)cc(C#N)c2)c(C(C)C)c(=O)[nH]c1=O.COc1ccc(CNC(=O)CCCn2c(C(=O)c3cc(C)cc(C#N)c3)c(C(C)C)c(=O)[nH]c2=O)cc1.Cc1cc(C#N)cc(C(=O)c2[nH]c(=O)[nH]c(=O)c2C(C)C)c1.Cc1cc(C#N)cc(C(=O)c2c(C(C)C)c(=O)[nH]c(=O)n2CC(N)=O)c1.[C-]#[N+]Cn1c(C(=O)c2cc(C)cc(C#N)c2)c(C(C)C)c(=O)[nH]c1=O. The first-order valence-electron chi connectivity index (χ1n) is 44.0. The number of benzene rings is 6. The first kappa shape index (κ1) is 109. The van der Waals surface area contributed by atoms with Crippen LogP contribution in [0, 0.1) is 97.8 Å². The number of esters is 1. The minimum absolute atomic E-state index is 0.0166. The molecule has 2 amide bonds. The fraction of sp³-hybridized carbons (Fsp3) is 0.314. The van der Waals surface area contributed by atoms with Crippen molar-refractivity contribution in [2.24, 2.45) is 5.73 Å². The van der Waals surface area contributed by atoms with Crippen molar-refractivity contribution in [2.75, 3.05) is 13.7 Å². The van der Waals surface area contributed by atoms with Crippen molar-refractivity contribution in [1.29, 1.82) is 26.3 Å². The summed E-state index contributed by atoms with van der Waals surface area (Å²) in [6, 6.07) is 40.6. The predicted molar refractivity (Wildman–Crippen MR) is 516 cm³/mol. The van der Waals surface area contributed by atoms with Gasteiger partial charge in [0.2, 0.25) is 40.7 Å². The third-order valence-corrected chi connectivity index (χ3v) is 21.3. The van der Waals surface area contributed by atoms with Crippen molar-refractivity contribution in [3.05, 3.63) is 376 Å². The first-order chi connectivity index (χ1) is 66.1. The minimum atomic E-state index is -0.894. The van der Waals surface area contributed by atoms with E-state index in [4.69, 9.17) is 37.6 Å². The molecule has 0 radical (unpaired) electrons. The van der Waals surface area contributed by atoms with Crippen LogP contribution in [-0.4, -0.2) is 109 Å². The third kappa shape index (κ3) is 28.0. The van der Waals surface area contributed by atoms with Crippen molar-refractivity contribution in [3.8, 4) is 36.1 Å². The van der Waals surface area contributed by atoms with E-state index >= 15 is 0 Å². The molecule has 0 saturated heterocycles. The maximum Gasteiger partial charge on any atom is 0.334 e. The molecular formula is C102H104N18O20. The number of carbonyl (C=O) groups excluding carboxylic acids is 8. The van der Waals surface area contributed by atoms with Crippen molar-refractivity contribution in [3.63, 3.8) is 0 Å². The standard InChI is InChI=1S/C28H30N4O5.C22H25N3O5.C18H18N4O4.C18H16N4O3.C16H15N3O3/c1-17(2)24-25(26(34)21-13-18(3)12-20(14-21)15-29)32(28(36)31-27(24)35)11-5-6-23(33)30-16-19-7-9-22(37-4)10-8-19;1-5-30-17(26)7-6-8-25-19(18(13(2)3)21(28)24-22(25)29)20(27)16-10-14(4)9-15(11-16)12-23;1-9(2)14-15(22(8-13(20)23)18(26)21-17(14)25)16(24)12-5-10(3)4-11(6-12)7-19;1-10(2)14-15(22(9-20-4)18(25)21-17(14)24)16(23)13-6-11(3)5-12(7-13)8-19;1-8(2)12-13(18-16(22)19-15(12)21)14(20)11-5-9(3)4-10(6-11)7-17/h7-10,12-14,17H,5-6,11,16H2,1-4H3,(H,30,33)(H,31,35,36);9-11,13H,5-8H2,1-4H3,(H,24,28,29);4-6,9H,8H2,1-3H3,(H2,20,23)(H,21,25,26);5-7,10H,9H2,1-3H3,(H,21,24,25);4-6,8H,1-3H3,(H2,18,19,21,22). The van der Waals surface area contributed by atoms with Gasteiger partial charge in [0.25, 0.3) is 34.5 Å². The summed E-state index contributed by atoms with van der Waals surface area (Å²) >= 11 is 0. The summed E-state index contributed by atoms with van der Waals surface area (Å²) in [6.45, 7) is 34.7. The van der Waals surface area contributed by atoms with Crippen LogP contribution in [0.3, 0.4) is 0 Å². The van der Waals surface area contributed by atoms with Gasteiger partial charge < -0.3 is 25.5 Å². The Morgan fingerprint density at radius 2 is 0.707 bits per heavy atom. The van der Waals surface area contributed by atoms with Gasteiger partial charge in [0.15, 0.2) is 0 Å². The molecule has 6 aromatic carbocycles. The molecule has 9 N–H and O–H groups in total. The molecular weight excluding hydrogens is 1800 g/mol. The van der Waals surface area contributed by atoms with Crippen LogP contribution in [0.2, 0.25) is 0 Å². The summed E-state index contributed by atoms with van der Waals surface area (Å²) in [5.74, 6) is -5.04. The Kier molecular flexibility index (Phi) is 38.6. The molecule has 0 aliphatic heterocycles. The van der Waals surface area contributed by atoms with E-state index in [-0.39, 0.29) is 171 Å². The molecule has 5 aromatic heterocycles. The third-order valence-electron chi connectivity index (χ3n) is 21.3. The van der Waals surface area contributed by atoms with Crippen LogP contribution in [0.25, 0.3) is 4.85 Å². The lowest BCUT2D eigenvalue weighted by Gasteiger charge is -2.17. The summed E-state index contributed by atoms with van der Waals surface area (Å²) in [4.78, 5) is 241. The molecule has 0 spiro atoms. The second-order valence-electron chi connectivity index (χ2n) is 33.9. The molecule has 0 atom stereocenters. The van der Waals surface area contributed by atoms with E-state index in [1.165, 1.54) is 39.5 Å². The number of ketones is 5. The Morgan fingerprint density at radius 3 is 1.01 bits per heavy atom. The van der Waals surface area contributed by atoms with Crippen LogP contribution in [-0.2, 0) is 52.0 Å². The number of nitrogens with two attached hydrogens (primary N) is 1. The van der Waals surface area contributed by atoms with Gasteiger partial charge in [-0.05, 0) is 220 Å². The second-order valence-corrected chi connectivity index (χ2v) is 33.9. The number of methoxy groups -OCH3 is 1. The highest BCUT2D eigenvalue weighted by molar-refractivity contribution is 6.12. The summed E-state index contributed by atoms with van der Waals surface area (Å²) < 4.78 is 14.3. The highest BCUT2D eigenvalue weighted by Crippen LogP contribution is 2.27. The number of nitrogens with zero attached hydrogens (tertiary/aromatic N) is 10. The van der Waals surface area contributed by atoms with Crippen LogP contribution in [0.5, 0.6) is 5.75 Å².